The van der Waals surface area contributed by atoms with Crippen molar-refractivity contribution in [3.8, 4) is 11.5 Å². The molecule has 0 saturated carbocycles. The first kappa shape index (κ1) is 16.0. The Kier molecular flexibility index (Phi) is 4.48. The minimum absolute atomic E-state index is 0.278. The molecule has 5 nitrogen and oxygen atoms in total. The van der Waals surface area contributed by atoms with Gasteiger partial charge in [-0.2, -0.15) is 4.73 Å². The number of benzene rings is 2. The molecular weight excluding hydrogens is 326 g/mol. The summed E-state index contributed by atoms with van der Waals surface area (Å²) in [5.41, 5.74) is 0.491. The first-order valence-corrected chi connectivity index (χ1v) is 8.93. The molecule has 0 aliphatic rings. The fraction of sp³-hybridized carbons (Fsp3) is 0.0556. The molecule has 1 heterocycles. The predicted octanol–water partition coefficient (Wildman–Crippen LogP) is 3.09. The van der Waals surface area contributed by atoms with Gasteiger partial charge in [0.2, 0.25) is 9.84 Å². The summed E-state index contributed by atoms with van der Waals surface area (Å²) in [6, 6.07) is 20.3. The van der Waals surface area contributed by atoms with Crippen LogP contribution in [0, 0.1) is 5.21 Å². The largest absolute Gasteiger partial charge is 0.618 e. The van der Waals surface area contributed by atoms with E-state index in [0.717, 1.165) is 0 Å². The van der Waals surface area contributed by atoms with Crippen molar-refractivity contribution < 1.29 is 17.9 Å². The Labute approximate surface area is 140 Å². The zero-order valence-electron chi connectivity index (χ0n) is 12.7. The van der Waals surface area contributed by atoms with Gasteiger partial charge in [0.05, 0.1) is 5.75 Å². The number of nitrogens with zero attached hydrogens (tertiary/aromatic N) is 1. The Hall–Kier alpha value is -2.86. The van der Waals surface area contributed by atoms with Gasteiger partial charge in [-0.3, -0.25) is 0 Å². The van der Waals surface area contributed by atoms with E-state index in [1.54, 1.807) is 36.4 Å². The molecular formula is C18H15NO4S. The van der Waals surface area contributed by atoms with E-state index < -0.39 is 9.84 Å². The minimum Gasteiger partial charge on any atom is -0.618 e. The van der Waals surface area contributed by atoms with Gasteiger partial charge < -0.3 is 9.94 Å². The topological polar surface area (TPSA) is 70.3 Å². The van der Waals surface area contributed by atoms with Crippen LogP contribution in [-0.4, -0.2) is 8.42 Å². The molecule has 3 rings (SSSR count). The van der Waals surface area contributed by atoms with E-state index in [9.17, 15) is 13.6 Å². The van der Waals surface area contributed by atoms with Crippen LogP contribution in [0.4, 0.5) is 0 Å². The maximum Gasteiger partial charge on any atom is 0.308 e. The van der Waals surface area contributed by atoms with E-state index in [1.807, 2.05) is 18.2 Å². The molecule has 0 radical (unpaired) electrons. The second-order valence-corrected chi connectivity index (χ2v) is 7.08. The van der Waals surface area contributed by atoms with Gasteiger partial charge >= 0.3 is 5.03 Å². The third kappa shape index (κ3) is 3.55. The van der Waals surface area contributed by atoms with E-state index in [-0.39, 0.29) is 10.8 Å². The van der Waals surface area contributed by atoms with Gasteiger partial charge in [0, 0.05) is 17.7 Å². The Balaban J connectivity index is 1.92. The first-order valence-electron chi connectivity index (χ1n) is 7.28. The smallest absolute Gasteiger partial charge is 0.308 e. The third-order valence-electron chi connectivity index (χ3n) is 3.40. The number of pyridine rings is 1. The molecule has 1 aromatic heterocycles. The van der Waals surface area contributed by atoms with Crippen LogP contribution in [0.15, 0.2) is 84.0 Å². The Bertz CT molecular complexity index is 940. The van der Waals surface area contributed by atoms with Crippen LogP contribution in [0.25, 0.3) is 0 Å². The minimum atomic E-state index is -3.79. The summed E-state index contributed by atoms with van der Waals surface area (Å²) in [4.78, 5) is 0. The lowest BCUT2D eigenvalue weighted by Gasteiger charge is -2.11. The molecule has 0 bridgehead atoms. The average Bonchev–Trinajstić information content (AvgIpc) is 2.57. The Morgan fingerprint density at radius 3 is 2.29 bits per heavy atom. The molecule has 0 aliphatic heterocycles. The average molecular weight is 341 g/mol. The van der Waals surface area contributed by atoms with Gasteiger partial charge in [-0.05, 0) is 24.3 Å². The zero-order valence-corrected chi connectivity index (χ0v) is 13.5. The molecule has 0 unspecified atom stereocenters. The maximum absolute atomic E-state index is 12.6. The van der Waals surface area contributed by atoms with Crippen molar-refractivity contribution in [2.75, 3.05) is 0 Å². The molecule has 6 heteroatoms. The summed E-state index contributed by atoms with van der Waals surface area (Å²) in [6.07, 6.45) is 1.17. The van der Waals surface area contributed by atoms with Crippen LogP contribution in [-0.2, 0) is 15.6 Å². The second-order valence-electron chi connectivity index (χ2n) is 5.15. The zero-order chi connectivity index (χ0) is 17.0. The quantitative estimate of drug-likeness (QED) is 0.528. The van der Waals surface area contributed by atoms with E-state index in [4.69, 9.17) is 4.74 Å². The number of ether oxygens (including phenoxy) is 1. The van der Waals surface area contributed by atoms with Gasteiger partial charge in [-0.1, -0.05) is 36.4 Å². The Morgan fingerprint density at radius 2 is 1.54 bits per heavy atom. The fourth-order valence-electron chi connectivity index (χ4n) is 2.27. The van der Waals surface area contributed by atoms with Crippen molar-refractivity contribution in [1.82, 2.24) is 0 Å². The lowest BCUT2D eigenvalue weighted by molar-refractivity contribution is -0.646. The molecule has 3 aromatic rings. The molecule has 0 fully saturated rings. The molecule has 0 atom stereocenters. The number of hydrogen-bond acceptors (Lipinski definition) is 4. The fourth-order valence-corrected chi connectivity index (χ4v) is 3.69. The van der Waals surface area contributed by atoms with Crippen LogP contribution in [0.3, 0.4) is 0 Å². The van der Waals surface area contributed by atoms with Gasteiger partial charge in [0.25, 0.3) is 0 Å². The van der Waals surface area contributed by atoms with E-state index >= 15 is 0 Å². The number of rotatable bonds is 5. The molecule has 0 aliphatic carbocycles. The molecule has 0 spiro atoms. The molecule has 2 aromatic carbocycles. The first-order chi connectivity index (χ1) is 11.6. The van der Waals surface area contributed by atoms with Crippen LogP contribution in [0.5, 0.6) is 11.5 Å². The molecule has 0 N–H and O–H groups in total. The van der Waals surface area contributed by atoms with Crippen molar-refractivity contribution in [2.45, 2.75) is 10.8 Å². The molecule has 24 heavy (non-hydrogen) atoms. The van der Waals surface area contributed by atoms with Crippen LogP contribution in [0.2, 0.25) is 0 Å². The SMILES string of the molecule is O=S(=O)(Cc1ccccc1Oc1ccccc1)c1cccc[n+]1[O-]. The normalized spacial score (nSPS) is 11.2. The maximum atomic E-state index is 12.6. The van der Waals surface area contributed by atoms with Crippen molar-refractivity contribution in [3.63, 3.8) is 0 Å². The highest BCUT2D eigenvalue weighted by Crippen LogP contribution is 2.27. The van der Waals surface area contributed by atoms with Crippen LogP contribution < -0.4 is 9.47 Å². The summed E-state index contributed by atoms with van der Waals surface area (Å²) in [6.45, 7) is 0. The lowest BCUT2D eigenvalue weighted by atomic mass is 10.2. The summed E-state index contributed by atoms with van der Waals surface area (Å²) in [5.74, 6) is 0.740. The van der Waals surface area contributed by atoms with Gasteiger partial charge in [-0.25, -0.2) is 8.42 Å². The van der Waals surface area contributed by atoms with E-state index in [2.05, 4.69) is 0 Å². The van der Waals surface area contributed by atoms with Crippen molar-refractivity contribution in [2.24, 2.45) is 0 Å². The lowest BCUT2D eigenvalue weighted by Crippen LogP contribution is -2.33. The highest BCUT2D eigenvalue weighted by atomic mass is 32.2. The monoisotopic (exact) mass is 341 g/mol. The van der Waals surface area contributed by atoms with Gasteiger partial charge in [0.15, 0.2) is 6.20 Å². The van der Waals surface area contributed by atoms with E-state index in [0.29, 0.717) is 21.8 Å². The van der Waals surface area contributed by atoms with Gasteiger partial charge in [0.1, 0.15) is 11.5 Å². The molecule has 0 amide bonds. The predicted molar refractivity (Wildman–Crippen MR) is 89.2 cm³/mol. The summed E-state index contributed by atoms with van der Waals surface area (Å²) in [5, 5.41) is 11.5. The van der Waals surface area contributed by atoms with Crippen LogP contribution in [0.1, 0.15) is 5.56 Å². The van der Waals surface area contributed by atoms with E-state index in [1.165, 1.54) is 24.4 Å². The van der Waals surface area contributed by atoms with Crippen molar-refractivity contribution >= 4 is 9.84 Å². The second kappa shape index (κ2) is 6.72. The van der Waals surface area contributed by atoms with Crippen molar-refractivity contribution in [3.05, 3.63) is 89.8 Å². The highest BCUT2D eigenvalue weighted by molar-refractivity contribution is 7.90. The number of sulfone groups is 1. The summed E-state index contributed by atoms with van der Waals surface area (Å²) >= 11 is 0. The standard InChI is InChI=1S/C18H15NO4S/c20-19-13-7-6-12-18(19)24(21,22)14-15-8-4-5-11-17(15)23-16-9-2-1-3-10-16/h1-13H,14H2. The molecule has 0 saturated heterocycles. The van der Waals surface area contributed by atoms with Crippen molar-refractivity contribution in [1.29, 1.82) is 0 Å². The molecule has 122 valence electrons. The van der Waals surface area contributed by atoms with Gasteiger partial charge in [-0.15, -0.1) is 0 Å². The highest BCUT2D eigenvalue weighted by Gasteiger charge is 2.25. The van der Waals surface area contributed by atoms with Crippen LogP contribution >= 0.6 is 0 Å². The Morgan fingerprint density at radius 1 is 0.875 bits per heavy atom. The number of aromatic nitrogens is 1. The number of para-hydroxylation sites is 2. The summed E-state index contributed by atoms with van der Waals surface area (Å²) < 4.78 is 31.2. The summed E-state index contributed by atoms with van der Waals surface area (Å²) in [7, 11) is -3.79. The third-order valence-corrected chi connectivity index (χ3v) is 5.04. The number of hydrogen-bond donors (Lipinski definition) is 0.